The van der Waals surface area contributed by atoms with Crippen molar-refractivity contribution >= 4 is 47.8 Å². The first-order valence-corrected chi connectivity index (χ1v) is 12.9. The summed E-state index contributed by atoms with van der Waals surface area (Å²) in [6.07, 6.45) is 0.576. The molecule has 0 unspecified atom stereocenters. The molecule has 1 atom stereocenters. The molecule has 0 aliphatic rings. The molecule has 0 heterocycles. The van der Waals surface area contributed by atoms with E-state index < -0.39 is 25.5 Å². The van der Waals surface area contributed by atoms with E-state index in [1.807, 2.05) is 12.1 Å². The van der Waals surface area contributed by atoms with E-state index in [2.05, 4.69) is 10.6 Å². The van der Waals surface area contributed by atoms with Crippen LogP contribution in [0.25, 0.3) is 0 Å². The van der Waals surface area contributed by atoms with E-state index in [4.69, 9.17) is 26.4 Å². The average Bonchev–Trinajstić information content (AvgIpc) is 2.75. The summed E-state index contributed by atoms with van der Waals surface area (Å²) in [5.74, 6) is -0.572. The highest BCUT2D eigenvalue weighted by Crippen LogP contribution is 2.48. The van der Waals surface area contributed by atoms with Crippen molar-refractivity contribution in [1.82, 2.24) is 10.6 Å². The number of hydrogen-bond donors (Lipinski definition) is 3. The van der Waals surface area contributed by atoms with Crippen molar-refractivity contribution in [2.75, 3.05) is 18.5 Å². The Hall–Kier alpha value is -2.55. The summed E-state index contributed by atoms with van der Waals surface area (Å²) in [5, 5.41) is 14.5. The molecule has 11 heteroatoms. The van der Waals surface area contributed by atoms with E-state index in [0.717, 1.165) is 11.8 Å². The zero-order chi connectivity index (χ0) is 23.4. The zero-order valence-corrected chi connectivity index (χ0v) is 20.0. The highest BCUT2D eigenvalue weighted by molar-refractivity contribution is 8.23. The number of hydrogen-bond acceptors (Lipinski definition) is 7. The van der Waals surface area contributed by atoms with Crippen LogP contribution in [0.3, 0.4) is 0 Å². The van der Waals surface area contributed by atoms with E-state index in [1.165, 1.54) is 6.92 Å². The molecular formula is C21H25N2O6PS2. The Labute approximate surface area is 196 Å². The molecule has 0 bridgehead atoms. The summed E-state index contributed by atoms with van der Waals surface area (Å²) in [6.45, 7) is 1.65. The number of carbonyl (C=O) groups is 2. The number of amides is 1. The van der Waals surface area contributed by atoms with Gasteiger partial charge in [0.25, 0.3) is 0 Å². The molecule has 0 radical (unpaired) electrons. The van der Waals surface area contributed by atoms with Crippen LogP contribution >= 0.6 is 31.6 Å². The van der Waals surface area contributed by atoms with Crippen LogP contribution in [0.15, 0.2) is 60.7 Å². The van der Waals surface area contributed by atoms with Gasteiger partial charge in [0.05, 0.1) is 6.16 Å². The molecule has 0 spiro atoms. The molecule has 0 aliphatic carbocycles. The maximum absolute atomic E-state index is 13.4. The molecule has 0 aliphatic heterocycles. The van der Waals surface area contributed by atoms with Crippen LogP contribution in [0.4, 0.5) is 0 Å². The fourth-order valence-electron chi connectivity index (χ4n) is 2.49. The molecular weight excluding hydrogens is 471 g/mol. The van der Waals surface area contributed by atoms with Gasteiger partial charge in [-0.15, -0.1) is 0 Å². The van der Waals surface area contributed by atoms with Gasteiger partial charge in [0.2, 0.25) is 5.91 Å². The first-order chi connectivity index (χ1) is 15.3. The summed E-state index contributed by atoms with van der Waals surface area (Å²) in [5.41, 5.74) is 0. The fraction of sp³-hybridized carbons (Fsp3) is 0.286. The zero-order valence-electron chi connectivity index (χ0n) is 17.4. The second-order valence-electron chi connectivity index (χ2n) is 6.61. The van der Waals surface area contributed by atoms with Gasteiger partial charge in [0, 0.05) is 19.2 Å². The highest BCUT2D eigenvalue weighted by Gasteiger charge is 2.28. The number of para-hydroxylation sites is 2. The molecule has 3 N–H and O–H groups in total. The Kier molecular flexibility index (Phi) is 10.5. The second-order valence-corrected chi connectivity index (χ2v) is 10.3. The molecule has 172 valence electrons. The lowest BCUT2D eigenvalue weighted by Gasteiger charge is -2.20. The molecule has 0 aromatic heterocycles. The Morgan fingerprint density at radius 2 is 1.59 bits per heavy atom. The minimum absolute atomic E-state index is 0.0908. The monoisotopic (exact) mass is 496 g/mol. The van der Waals surface area contributed by atoms with E-state index in [1.54, 1.807) is 48.5 Å². The number of carboxylic acids is 1. The van der Waals surface area contributed by atoms with Crippen molar-refractivity contribution in [3.63, 3.8) is 0 Å². The van der Waals surface area contributed by atoms with Gasteiger partial charge in [-0.25, -0.2) is 9.36 Å². The maximum atomic E-state index is 13.4. The average molecular weight is 497 g/mol. The minimum atomic E-state index is -3.50. The topological polar surface area (TPSA) is 114 Å². The number of carbonyl (C=O) groups excluding carboxylic acids is 1. The van der Waals surface area contributed by atoms with Gasteiger partial charge in [-0.1, -0.05) is 60.4 Å². The third-order valence-corrected chi connectivity index (χ3v) is 7.16. The van der Waals surface area contributed by atoms with E-state index in [0.29, 0.717) is 28.8 Å². The van der Waals surface area contributed by atoms with Crippen LogP contribution in [0.5, 0.6) is 11.5 Å². The SMILES string of the molecule is CC(=O)N[C@@H](CSC(=S)NCCCP(=O)(Oc1ccccc1)Oc1ccccc1)C(=O)O. The van der Waals surface area contributed by atoms with Crippen molar-refractivity contribution in [3.8, 4) is 11.5 Å². The first kappa shape index (κ1) is 25.7. The summed E-state index contributed by atoms with van der Waals surface area (Å²) in [7, 11) is -3.50. The predicted octanol–water partition coefficient (Wildman–Crippen LogP) is 3.92. The van der Waals surface area contributed by atoms with Crippen LogP contribution in [-0.2, 0) is 14.2 Å². The van der Waals surface area contributed by atoms with E-state index >= 15 is 0 Å². The van der Waals surface area contributed by atoms with Gasteiger partial charge in [0.1, 0.15) is 21.9 Å². The lowest BCUT2D eigenvalue weighted by Crippen LogP contribution is -2.42. The second kappa shape index (κ2) is 13.1. The van der Waals surface area contributed by atoms with E-state index in [9.17, 15) is 14.2 Å². The van der Waals surface area contributed by atoms with Gasteiger partial charge in [-0.3, -0.25) is 4.79 Å². The Balaban J connectivity index is 1.86. The van der Waals surface area contributed by atoms with Crippen molar-refractivity contribution in [2.45, 2.75) is 19.4 Å². The molecule has 2 aromatic carbocycles. The predicted molar refractivity (Wildman–Crippen MR) is 130 cm³/mol. The molecule has 0 saturated carbocycles. The third-order valence-electron chi connectivity index (χ3n) is 3.91. The van der Waals surface area contributed by atoms with Crippen molar-refractivity contribution in [3.05, 3.63) is 60.7 Å². The minimum Gasteiger partial charge on any atom is -0.480 e. The van der Waals surface area contributed by atoms with Gasteiger partial charge in [0.15, 0.2) is 0 Å². The van der Waals surface area contributed by atoms with Crippen LogP contribution in [-0.4, -0.2) is 45.8 Å². The molecule has 2 rings (SSSR count). The number of benzene rings is 2. The molecule has 8 nitrogen and oxygen atoms in total. The molecule has 2 aromatic rings. The Morgan fingerprint density at radius 3 is 2.06 bits per heavy atom. The number of carboxylic acid groups (broad SMARTS) is 1. The standard InChI is InChI=1S/C21H25N2O6PS2/c1-16(24)23-19(20(25)26)15-32-21(31)22-13-8-14-30(27,28-17-9-4-2-5-10-17)29-18-11-6-3-7-12-18/h2-7,9-12,19H,8,13-15H2,1H3,(H,22,31)(H,23,24)(H,25,26)/t19-/m0/s1. The van der Waals surface area contributed by atoms with Crippen LogP contribution in [0.2, 0.25) is 0 Å². The third kappa shape index (κ3) is 9.72. The summed E-state index contributed by atoms with van der Waals surface area (Å²) in [6, 6.07) is 16.6. The summed E-state index contributed by atoms with van der Waals surface area (Å²) < 4.78 is 25.2. The van der Waals surface area contributed by atoms with Gasteiger partial charge >= 0.3 is 13.6 Å². The molecule has 0 saturated heterocycles. The summed E-state index contributed by atoms with van der Waals surface area (Å²) in [4.78, 5) is 22.3. The maximum Gasteiger partial charge on any atom is 0.430 e. The Bertz CT molecular complexity index is 900. The Morgan fingerprint density at radius 1 is 1.06 bits per heavy atom. The van der Waals surface area contributed by atoms with Crippen LogP contribution < -0.4 is 19.7 Å². The number of rotatable bonds is 12. The molecule has 32 heavy (non-hydrogen) atoms. The van der Waals surface area contributed by atoms with Crippen molar-refractivity contribution in [2.24, 2.45) is 0 Å². The lowest BCUT2D eigenvalue weighted by atomic mass is 10.3. The van der Waals surface area contributed by atoms with Crippen LogP contribution in [0, 0.1) is 0 Å². The number of thioether (sulfide) groups is 1. The quantitative estimate of drug-likeness (QED) is 0.228. The number of nitrogens with one attached hydrogen (secondary N) is 2. The largest absolute Gasteiger partial charge is 0.480 e. The number of thiocarbonyl (C=S) groups is 1. The van der Waals surface area contributed by atoms with Gasteiger partial charge in [-0.2, -0.15) is 0 Å². The van der Waals surface area contributed by atoms with Gasteiger partial charge < -0.3 is 24.8 Å². The first-order valence-electron chi connectivity index (χ1n) is 9.76. The normalized spacial score (nSPS) is 11.8. The molecule has 0 fully saturated rings. The van der Waals surface area contributed by atoms with Crippen molar-refractivity contribution in [1.29, 1.82) is 0 Å². The van der Waals surface area contributed by atoms with Gasteiger partial charge in [-0.05, 0) is 30.7 Å². The van der Waals surface area contributed by atoms with E-state index in [-0.39, 0.29) is 11.9 Å². The van der Waals surface area contributed by atoms with Crippen LogP contribution in [0.1, 0.15) is 13.3 Å². The lowest BCUT2D eigenvalue weighted by molar-refractivity contribution is -0.140. The smallest absolute Gasteiger partial charge is 0.430 e. The fourth-order valence-corrected chi connectivity index (χ4v) is 5.19. The molecule has 1 amide bonds. The highest BCUT2D eigenvalue weighted by atomic mass is 32.2. The van der Waals surface area contributed by atoms with Crippen molar-refractivity contribution < 1.29 is 28.3 Å². The summed E-state index contributed by atoms with van der Waals surface area (Å²) >= 11 is 6.32. The number of aliphatic carboxylic acids is 1.